The molecule has 0 aliphatic carbocycles. The van der Waals surface area contributed by atoms with Crippen molar-refractivity contribution in [3.63, 3.8) is 0 Å². The maximum atomic E-state index is 5.31. The summed E-state index contributed by atoms with van der Waals surface area (Å²) in [7, 11) is 0. The van der Waals surface area contributed by atoms with Gasteiger partial charge in [-0.15, -0.1) is 5.10 Å². The van der Waals surface area contributed by atoms with E-state index in [1.165, 1.54) is 0 Å². The van der Waals surface area contributed by atoms with Gasteiger partial charge in [0.25, 0.3) is 0 Å². The van der Waals surface area contributed by atoms with Gasteiger partial charge < -0.3 is 5.84 Å². The Morgan fingerprint density at radius 2 is 2.17 bits per heavy atom. The van der Waals surface area contributed by atoms with Gasteiger partial charge in [-0.2, -0.15) is 5.10 Å². The number of aromatic nitrogens is 6. The molecule has 0 saturated heterocycles. The highest BCUT2D eigenvalue weighted by molar-refractivity contribution is 5.97. The van der Waals surface area contributed by atoms with Gasteiger partial charge in [0, 0.05) is 11.6 Å². The molecule has 118 valence electrons. The van der Waals surface area contributed by atoms with E-state index in [1.807, 2.05) is 24.3 Å². The van der Waals surface area contributed by atoms with Crippen LogP contribution in [0.4, 0.5) is 0 Å². The molecule has 8 nitrogen and oxygen atoms in total. The van der Waals surface area contributed by atoms with E-state index < -0.39 is 0 Å². The van der Waals surface area contributed by atoms with Crippen molar-refractivity contribution in [1.82, 2.24) is 29.9 Å². The van der Waals surface area contributed by atoms with Crippen molar-refractivity contribution < 1.29 is 0 Å². The van der Waals surface area contributed by atoms with Crippen LogP contribution < -0.4 is 5.84 Å². The maximum Gasteiger partial charge on any atom is 0.221 e. The average molecular weight is 318 g/mol. The molecule has 8 heteroatoms. The zero-order valence-corrected chi connectivity index (χ0v) is 13.0. The molecule has 0 spiro atoms. The average Bonchev–Trinajstić information content (AvgIpc) is 3.03. The van der Waals surface area contributed by atoms with Crippen LogP contribution in [0.1, 0.15) is 18.2 Å². The summed E-state index contributed by atoms with van der Waals surface area (Å²) in [4.78, 5) is 13.1. The van der Waals surface area contributed by atoms with Crippen LogP contribution in [0.15, 0.2) is 47.8 Å². The van der Waals surface area contributed by atoms with Crippen molar-refractivity contribution in [2.45, 2.75) is 13.5 Å². The summed E-state index contributed by atoms with van der Waals surface area (Å²) in [6.45, 7) is 2.32. The predicted molar refractivity (Wildman–Crippen MR) is 90.4 cm³/mol. The lowest BCUT2D eigenvalue weighted by molar-refractivity contribution is 0.664. The lowest BCUT2D eigenvalue weighted by Gasteiger charge is -2.04. The molecule has 1 aromatic carbocycles. The fourth-order valence-electron chi connectivity index (χ4n) is 2.50. The van der Waals surface area contributed by atoms with Gasteiger partial charge in [-0.05, 0) is 30.7 Å². The fourth-order valence-corrected chi connectivity index (χ4v) is 2.50. The van der Waals surface area contributed by atoms with Crippen LogP contribution in [0.3, 0.4) is 0 Å². The van der Waals surface area contributed by atoms with E-state index in [2.05, 4.69) is 36.4 Å². The summed E-state index contributed by atoms with van der Waals surface area (Å²) >= 11 is 0. The van der Waals surface area contributed by atoms with Gasteiger partial charge in [-0.25, -0.2) is 14.6 Å². The summed E-state index contributed by atoms with van der Waals surface area (Å²) in [6, 6.07) is 10.0. The van der Waals surface area contributed by atoms with E-state index in [0.29, 0.717) is 29.2 Å². The number of pyridine rings is 1. The van der Waals surface area contributed by atoms with Crippen molar-refractivity contribution >= 4 is 27.9 Å². The monoisotopic (exact) mass is 318 g/mol. The Morgan fingerprint density at radius 3 is 3.04 bits per heavy atom. The third-order valence-electron chi connectivity index (χ3n) is 3.79. The molecule has 0 unspecified atom stereocenters. The van der Waals surface area contributed by atoms with E-state index in [0.717, 1.165) is 16.5 Å². The number of nitrogens with two attached hydrogens (primary N) is 1. The van der Waals surface area contributed by atoms with Crippen LogP contribution in [-0.4, -0.2) is 35.7 Å². The molecule has 0 atom stereocenters. The largest absolute Gasteiger partial charge is 0.323 e. The summed E-state index contributed by atoms with van der Waals surface area (Å²) in [5.41, 5.74) is 4.35. The second-order valence-electron chi connectivity index (χ2n) is 5.39. The second-order valence-corrected chi connectivity index (χ2v) is 5.39. The first kappa shape index (κ1) is 14.2. The maximum absolute atomic E-state index is 5.31. The first-order valence-electron chi connectivity index (χ1n) is 7.39. The minimum atomic E-state index is 0.492. The third kappa shape index (κ3) is 2.43. The highest BCUT2D eigenvalue weighted by Crippen LogP contribution is 2.15. The summed E-state index contributed by atoms with van der Waals surface area (Å²) < 4.78 is 1.72. The smallest absolute Gasteiger partial charge is 0.221 e. The van der Waals surface area contributed by atoms with Crippen LogP contribution >= 0.6 is 0 Å². The van der Waals surface area contributed by atoms with Gasteiger partial charge in [0.15, 0.2) is 5.65 Å². The minimum absolute atomic E-state index is 0.492. The van der Waals surface area contributed by atoms with Crippen molar-refractivity contribution in [1.29, 1.82) is 0 Å². The van der Waals surface area contributed by atoms with Crippen molar-refractivity contribution in [3.05, 3.63) is 54.0 Å². The molecular weight excluding hydrogens is 304 g/mol. The fraction of sp³-hybridized carbons (Fsp3) is 0.125. The van der Waals surface area contributed by atoms with E-state index >= 15 is 0 Å². The second kappa shape index (κ2) is 5.65. The number of hydrogen-bond acceptors (Lipinski definition) is 7. The van der Waals surface area contributed by atoms with E-state index in [-0.39, 0.29) is 0 Å². The molecule has 24 heavy (non-hydrogen) atoms. The van der Waals surface area contributed by atoms with Crippen LogP contribution in [0.5, 0.6) is 0 Å². The molecule has 0 amide bonds. The number of fused-ring (bicyclic) bond motifs is 2. The third-order valence-corrected chi connectivity index (χ3v) is 3.79. The van der Waals surface area contributed by atoms with Gasteiger partial charge in [0.2, 0.25) is 5.65 Å². The molecule has 0 fully saturated rings. The van der Waals surface area contributed by atoms with Crippen molar-refractivity contribution in [3.8, 4) is 0 Å². The zero-order chi connectivity index (χ0) is 16.5. The normalized spacial score (nSPS) is 12.1. The topological polar surface area (TPSA) is 108 Å². The SMILES string of the molecule is CC(=NN)c1cnc2nnn(Cc3ccc4ncccc4c3)c2n1. The van der Waals surface area contributed by atoms with Crippen LogP contribution in [-0.2, 0) is 6.54 Å². The molecule has 3 aromatic heterocycles. The van der Waals surface area contributed by atoms with E-state index in [9.17, 15) is 0 Å². The molecular formula is C16H14N8. The molecule has 0 saturated carbocycles. The van der Waals surface area contributed by atoms with Gasteiger partial charge in [0.05, 0.1) is 24.0 Å². The quantitative estimate of drug-likeness (QED) is 0.348. The molecule has 0 aliphatic heterocycles. The lowest BCUT2D eigenvalue weighted by atomic mass is 10.1. The van der Waals surface area contributed by atoms with Gasteiger partial charge in [0.1, 0.15) is 5.69 Å². The number of benzene rings is 1. The lowest BCUT2D eigenvalue weighted by Crippen LogP contribution is -2.07. The molecule has 0 bridgehead atoms. The molecule has 2 N–H and O–H groups in total. The summed E-state index contributed by atoms with van der Waals surface area (Å²) in [5.74, 6) is 5.31. The summed E-state index contributed by atoms with van der Waals surface area (Å²) in [6.07, 6.45) is 3.38. The molecule has 3 heterocycles. The first-order valence-corrected chi connectivity index (χ1v) is 7.39. The predicted octanol–water partition coefficient (Wildman–Crippen LogP) is 1.50. The van der Waals surface area contributed by atoms with Gasteiger partial charge in [-0.1, -0.05) is 17.3 Å². The standard InChI is InChI=1S/C16H14N8/c1-10(21-17)14-8-19-15-16(20-14)24(23-22-15)9-11-4-5-13-12(7-11)3-2-6-18-13/h2-8H,9,17H2,1H3. The minimum Gasteiger partial charge on any atom is -0.323 e. The Labute approximate surface area is 137 Å². The van der Waals surface area contributed by atoms with Gasteiger partial charge in [-0.3, -0.25) is 4.98 Å². The molecule has 0 aliphatic rings. The molecule has 4 aromatic rings. The van der Waals surface area contributed by atoms with Crippen LogP contribution in [0, 0.1) is 0 Å². The van der Waals surface area contributed by atoms with Crippen molar-refractivity contribution in [2.75, 3.05) is 0 Å². The van der Waals surface area contributed by atoms with E-state index in [1.54, 1.807) is 24.0 Å². The Balaban J connectivity index is 1.75. The van der Waals surface area contributed by atoms with Crippen LogP contribution in [0.2, 0.25) is 0 Å². The van der Waals surface area contributed by atoms with Crippen LogP contribution in [0.25, 0.3) is 22.2 Å². The number of hydrogen-bond donors (Lipinski definition) is 1. The summed E-state index contributed by atoms with van der Waals surface area (Å²) in [5, 5.41) is 12.9. The van der Waals surface area contributed by atoms with Gasteiger partial charge >= 0.3 is 0 Å². The Kier molecular flexibility index (Phi) is 3.34. The molecule has 4 rings (SSSR count). The first-order chi connectivity index (χ1) is 11.7. The number of nitrogens with zero attached hydrogens (tertiary/aromatic N) is 7. The molecule has 0 radical (unpaired) electrons. The van der Waals surface area contributed by atoms with E-state index in [4.69, 9.17) is 5.84 Å². The Bertz CT molecular complexity index is 1070. The van der Waals surface area contributed by atoms with Crippen molar-refractivity contribution in [2.24, 2.45) is 10.9 Å². The Hall–Kier alpha value is -3.42. The zero-order valence-electron chi connectivity index (χ0n) is 13.0. The number of rotatable bonds is 3. The number of hydrazone groups is 1. The highest BCUT2D eigenvalue weighted by atomic mass is 15.4. The highest BCUT2D eigenvalue weighted by Gasteiger charge is 2.11. The Morgan fingerprint density at radius 1 is 1.25 bits per heavy atom.